The average Bonchev–Trinajstić information content (AvgIpc) is 2.85. The summed E-state index contributed by atoms with van der Waals surface area (Å²) in [5.74, 6) is -0.278. The van der Waals surface area contributed by atoms with Gasteiger partial charge in [0.1, 0.15) is 16.5 Å². The smallest absolute Gasteiger partial charge is 0.250 e. The maximum absolute atomic E-state index is 11.6. The van der Waals surface area contributed by atoms with Gasteiger partial charge in [-0.1, -0.05) is 23.1 Å². The minimum absolute atomic E-state index is 0.0440. The molecule has 7 nitrogen and oxygen atoms in total. The predicted octanol–water partition coefficient (Wildman–Crippen LogP) is 1.50. The van der Waals surface area contributed by atoms with E-state index in [4.69, 9.17) is 5.11 Å². The van der Waals surface area contributed by atoms with Crippen LogP contribution < -0.4 is 5.43 Å². The Balaban J connectivity index is 1.81. The van der Waals surface area contributed by atoms with Crippen molar-refractivity contribution in [3.8, 4) is 11.5 Å². The van der Waals surface area contributed by atoms with Crippen LogP contribution in [0, 0.1) is 6.92 Å². The van der Waals surface area contributed by atoms with Crippen LogP contribution in [-0.2, 0) is 4.79 Å². The summed E-state index contributed by atoms with van der Waals surface area (Å²) >= 11 is 2.70. The maximum atomic E-state index is 11.6. The maximum Gasteiger partial charge on any atom is 0.250 e. The number of aryl methyl sites for hydroxylation is 1. The molecule has 3 N–H and O–H groups in total. The molecule has 0 fully saturated rings. The number of aromatic hydroxyl groups is 2. The first-order valence-corrected chi connectivity index (χ1v) is 7.61. The van der Waals surface area contributed by atoms with E-state index in [1.165, 1.54) is 47.5 Å². The van der Waals surface area contributed by atoms with Gasteiger partial charge < -0.3 is 10.2 Å². The van der Waals surface area contributed by atoms with Crippen molar-refractivity contribution in [3.05, 3.63) is 28.8 Å². The van der Waals surface area contributed by atoms with Gasteiger partial charge in [0, 0.05) is 11.6 Å². The van der Waals surface area contributed by atoms with Crippen LogP contribution in [0.2, 0.25) is 0 Å². The molecule has 0 radical (unpaired) electrons. The van der Waals surface area contributed by atoms with E-state index in [2.05, 4.69) is 20.7 Å². The second kappa shape index (κ2) is 7.04. The van der Waals surface area contributed by atoms with Crippen LogP contribution in [0.1, 0.15) is 10.6 Å². The summed E-state index contributed by atoms with van der Waals surface area (Å²) in [5, 5.41) is 31.0. The normalized spacial score (nSPS) is 10.9. The fourth-order valence-corrected chi connectivity index (χ4v) is 2.92. The predicted molar refractivity (Wildman–Crippen MR) is 80.9 cm³/mol. The molecule has 0 aliphatic heterocycles. The van der Waals surface area contributed by atoms with Gasteiger partial charge in [0.15, 0.2) is 4.34 Å². The zero-order valence-corrected chi connectivity index (χ0v) is 12.6. The van der Waals surface area contributed by atoms with Crippen LogP contribution in [0.25, 0.3) is 0 Å². The Morgan fingerprint density at radius 2 is 2.29 bits per heavy atom. The summed E-state index contributed by atoms with van der Waals surface area (Å²) in [6.07, 6.45) is 1.30. The summed E-state index contributed by atoms with van der Waals surface area (Å²) < 4.78 is 0.725. The van der Waals surface area contributed by atoms with E-state index in [0.29, 0.717) is 5.56 Å². The zero-order valence-electron chi connectivity index (χ0n) is 11.0. The van der Waals surface area contributed by atoms with Gasteiger partial charge in [-0.05, 0) is 19.1 Å². The van der Waals surface area contributed by atoms with E-state index in [-0.39, 0.29) is 23.2 Å². The van der Waals surface area contributed by atoms with Crippen LogP contribution in [0.3, 0.4) is 0 Å². The lowest BCUT2D eigenvalue weighted by molar-refractivity contribution is -0.118. The summed E-state index contributed by atoms with van der Waals surface area (Å²) in [7, 11) is 0. The molecule has 1 aromatic heterocycles. The van der Waals surface area contributed by atoms with Crippen LogP contribution in [-0.4, -0.2) is 38.3 Å². The first-order valence-electron chi connectivity index (χ1n) is 5.81. The van der Waals surface area contributed by atoms with E-state index in [1.807, 2.05) is 6.92 Å². The van der Waals surface area contributed by atoms with Crippen LogP contribution in [0.5, 0.6) is 11.5 Å². The fourth-order valence-electron chi connectivity index (χ4n) is 1.31. The van der Waals surface area contributed by atoms with Gasteiger partial charge in [-0.15, -0.1) is 10.2 Å². The fraction of sp³-hybridized carbons (Fsp3) is 0.167. The Kier molecular flexibility index (Phi) is 5.12. The number of hydrogen-bond acceptors (Lipinski definition) is 8. The molecular weight excluding hydrogens is 312 g/mol. The van der Waals surface area contributed by atoms with Gasteiger partial charge in [0.05, 0.1) is 12.0 Å². The molecule has 0 saturated carbocycles. The number of thioether (sulfide) groups is 1. The van der Waals surface area contributed by atoms with Crippen LogP contribution >= 0.6 is 23.1 Å². The summed E-state index contributed by atoms with van der Waals surface area (Å²) in [4.78, 5) is 11.6. The molecule has 0 atom stereocenters. The topological polar surface area (TPSA) is 108 Å². The third-order valence-corrected chi connectivity index (χ3v) is 4.21. The molecule has 0 aliphatic carbocycles. The van der Waals surface area contributed by atoms with Crippen LogP contribution in [0.4, 0.5) is 0 Å². The number of carbonyl (C=O) groups is 1. The lowest BCUT2D eigenvalue weighted by Crippen LogP contribution is -2.19. The Morgan fingerprint density at radius 1 is 1.48 bits per heavy atom. The highest BCUT2D eigenvalue weighted by atomic mass is 32.2. The minimum Gasteiger partial charge on any atom is -0.508 e. The molecule has 1 aromatic carbocycles. The molecule has 1 amide bonds. The number of amides is 1. The quantitative estimate of drug-likeness (QED) is 0.437. The average molecular weight is 324 g/mol. The third-order valence-electron chi connectivity index (χ3n) is 2.24. The van der Waals surface area contributed by atoms with E-state index < -0.39 is 0 Å². The van der Waals surface area contributed by atoms with Gasteiger partial charge in [0.25, 0.3) is 5.91 Å². The SMILES string of the molecule is Cc1nnc(SCC(=O)NN=Cc2ccc(O)cc2O)s1. The van der Waals surface area contributed by atoms with E-state index in [9.17, 15) is 9.90 Å². The standard InChI is InChI=1S/C12H12N4O3S2/c1-7-14-16-12(21-7)20-6-11(19)15-13-5-8-2-3-9(17)4-10(8)18/h2-5,17-18H,6H2,1H3,(H,15,19). The number of hydrazone groups is 1. The first-order chi connectivity index (χ1) is 10.0. The Bertz CT molecular complexity index is 672. The third kappa shape index (κ3) is 4.72. The Labute approximate surface area is 128 Å². The number of phenolic OH excluding ortho intramolecular Hbond substituents is 2. The van der Waals surface area contributed by atoms with E-state index in [0.717, 1.165) is 9.35 Å². The summed E-state index contributed by atoms with van der Waals surface area (Å²) in [5.41, 5.74) is 2.73. The van der Waals surface area contributed by atoms with Crippen molar-refractivity contribution in [2.75, 3.05) is 5.75 Å². The number of carbonyl (C=O) groups excluding carboxylic acids is 1. The van der Waals surface area contributed by atoms with Crippen molar-refractivity contribution < 1.29 is 15.0 Å². The molecule has 9 heteroatoms. The lowest BCUT2D eigenvalue weighted by Gasteiger charge is -2.00. The highest BCUT2D eigenvalue weighted by molar-refractivity contribution is 8.01. The molecule has 0 spiro atoms. The molecule has 0 bridgehead atoms. The Hall–Kier alpha value is -2.13. The number of nitrogens with zero attached hydrogens (tertiary/aromatic N) is 3. The molecule has 21 heavy (non-hydrogen) atoms. The van der Waals surface area contributed by atoms with E-state index >= 15 is 0 Å². The highest BCUT2D eigenvalue weighted by Crippen LogP contribution is 2.22. The number of nitrogens with one attached hydrogen (secondary N) is 1. The zero-order chi connectivity index (χ0) is 15.2. The molecule has 110 valence electrons. The van der Waals surface area contributed by atoms with Gasteiger partial charge in [-0.3, -0.25) is 4.79 Å². The van der Waals surface area contributed by atoms with Gasteiger partial charge >= 0.3 is 0 Å². The number of phenols is 2. The largest absolute Gasteiger partial charge is 0.508 e. The number of hydrogen-bond donors (Lipinski definition) is 3. The Morgan fingerprint density at radius 3 is 2.95 bits per heavy atom. The second-order valence-electron chi connectivity index (χ2n) is 3.91. The van der Waals surface area contributed by atoms with Crippen LogP contribution in [0.15, 0.2) is 27.6 Å². The molecule has 1 heterocycles. The molecular formula is C12H12N4O3S2. The van der Waals surface area contributed by atoms with Crippen molar-refractivity contribution >= 4 is 35.2 Å². The van der Waals surface area contributed by atoms with Gasteiger partial charge in [0.2, 0.25) is 0 Å². The number of aromatic nitrogens is 2. The van der Waals surface area contributed by atoms with Crippen molar-refractivity contribution in [1.82, 2.24) is 15.6 Å². The van der Waals surface area contributed by atoms with E-state index in [1.54, 1.807) is 0 Å². The lowest BCUT2D eigenvalue weighted by atomic mass is 10.2. The minimum atomic E-state index is -0.289. The van der Waals surface area contributed by atoms with Crippen molar-refractivity contribution in [2.24, 2.45) is 5.10 Å². The summed E-state index contributed by atoms with van der Waals surface area (Å²) in [6, 6.07) is 4.09. The first kappa shape index (κ1) is 15.3. The van der Waals surface area contributed by atoms with Crippen molar-refractivity contribution in [3.63, 3.8) is 0 Å². The van der Waals surface area contributed by atoms with Crippen molar-refractivity contribution in [2.45, 2.75) is 11.3 Å². The molecule has 2 aromatic rings. The highest BCUT2D eigenvalue weighted by Gasteiger charge is 2.05. The number of rotatable bonds is 5. The van der Waals surface area contributed by atoms with Crippen molar-refractivity contribution in [1.29, 1.82) is 0 Å². The molecule has 2 rings (SSSR count). The molecule has 0 unspecified atom stereocenters. The molecule has 0 saturated heterocycles. The second-order valence-corrected chi connectivity index (χ2v) is 6.32. The van der Waals surface area contributed by atoms with Gasteiger partial charge in [-0.25, -0.2) is 5.43 Å². The molecule has 0 aliphatic rings. The monoisotopic (exact) mass is 324 g/mol. The summed E-state index contributed by atoms with van der Waals surface area (Å²) in [6.45, 7) is 1.84. The number of benzene rings is 1. The van der Waals surface area contributed by atoms with Gasteiger partial charge in [-0.2, -0.15) is 5.10 Å².